The van der Waals surface area contributed by atoms with Crippen molar-refractivity contribution in [2.45, 2.75) is 218 Å². The van der Waals surface area contributed by atoms with Gasteiger partial charge in [-0.15, -0.1) is 0 Å². The molecule has 0 aromatic carbocycles. The number of fused-ring (bicyclic) bond motifs is 16. The van der Waals surface area contributed by atoms with Crippen LogP contribution in [-0.2, 0) is 182 Å². The molecule has 15 fully saturated rings. The van der Waals surface area contributed by atoms with Gasteiger partial charge in [0.15, 0.2) is 0 Å². The van der Waals surface area contributed by atoms with Gasteiger partial charge in [-0.3, -0.25) is 0 Å². The molecule has 15 aliphatic rings. The van der Waals surface area contributed by atoms with Gasteiger partial charge < -0.3 is 182 Å². The van der Waals surface area contributed by atoms with E-state index in [2.05, 4.69) is 0 Å². The van der Waals surface area contributed by atoms with Crippen LogP contribution in [0.15, 0.2) is 0 Å². The van der Waals surface area contributed by atoms with Crippen molar-refractivity contribution < 1.29 is 182 Å². The molecule has 0 saturated carbocycles. The molecule has 0 aromatic rings. The lowest BCUT2D eigenvalue weighted by atomic mass is 10.9. The summed E-state index contributed by atoms with van der Waals surface area (Å²) in [6.45, 7) is 55.4. The fraction of sp³-hybridized carbons (Fsp3) is 1.00. The molecule has 15 heterocycles. The maximum atomic E-state index is 7.16. The van der Waals surface area contributed by atoms with Crippen LogP contribution in [0.25, 0.3) is 0 Å². The van der Waals surface area contributed by atoms with E-state index < -0.39 is 247 Å². The van der Waals surface area contributed by atoms with Crippen LogP contribution in [0.5, 0.6) is 0 Å². The van der Waals surface area contributed by atoms with Crippen LogP contribution in [-0.4, -0.2) is 273 Å². The van der Waals surface area contributed by atoms with Crippen molar-refractivity contribution in [3.63, 3.8) is 0 Å². The molecule has 0 N–H and O–H groups in total. The monoisotopic (exact) mass is 2040 g/mol. The predicted octanol–water partition coefficient (Wildman–Crippen LogP) is 5.53. The second kappa shape index (κ2) is 28.7. The maximum absolute atomic E-state index is 7.16. The van der Waals surface area contributed by atoms with Gasteiger partial charge in [-0.2, -0.15) is 0 Å². The summed E-state index contributed by atoms with van der Waals surface area (Å²) in [4.78, 5) is 0. The van der Waals surface area contributed by atoms with Crippen LogP contribution in [0.4, 0.5) is 0 Å². The topological polar surface area (TPSA) is 406 Å². The Hall–Kier alpha value is 4.31. The van der Waals surface area contributed by atoms with E-state index in [-0.39, 0.29) is 33.9 Å². The Kier molecular flexibility index (Phi) is 24.3. The highest BCUT2D eigenvalue weighted by molar-refractivity contribution is 7.06. The molecule has 15 rings (SSSR count). The Morgan fingerprint density at radius 3 is 0.248 bits per heavy atom. The lowest BCUT2D eigenvalue weighted by Crippen LogP contribution is -2.86. The molecule has 0 aromatic heterocycles. The molecule has 16 atom stereocenters. The molecular weight excluding hydrogens is 1930 g/mol. The molecule has 44 nitrogen and oxygen atoms in total. The van der Waals surface area contributed by atoms with Crippen LogP contribution in [0.1, 0.15) is 35.1 Å². The van der Waals surface area contributed by atoms with E-state index in [1.54, 1.807) is 183 Å². The summed E-state index contributed by atoms with van der Waals surface area (Å²) >= 11 is 0. The maximum Gasteiger partial charge on any atom is 0.482 e. The summed E-state index contributed by atoms with van der Waals surface area (Å²) in [5, 5.41) is 0. The molecule has 0 spiro atoms. The van der Waals surface area contributed by atoms with Gasteiger partial charge in [0.05, 0.1) is 0 Å². The van der Waals surface area contributed by atoms with Crippen molar-refractivity contribution >= 4 is 247 Å². The zero-order valence-electron chi connectivity index (χ0n) is 66.8. The van der Waals surface area contributed by atoms with Gasteiger partial charge in [0, 0.05) is 210 Å². The summed E-state index contributed by atoms with van der Waals surface area (Å²) in [5.74, 6) is 0. The first-order valence-corrected chi connectivity index (χ1v) is 97.4. The predicted molar refractivity (Wildman–Crippen MR) is 422 cm³/mol. The molecule has 15 aliphatic heterocycles. The van der Waals surface area contributed by atoms with E-state index in [1.165, 1.54) is 0 Å². The third-order valence-corrected chi connectivity index (χ3v) is 138. The fourth-order valence-electron chi connectivity index (χ4n) is 16.3. The molecule has 24 bridgehead atoms. The summed E-state index contributed by atoms with van der Waals surface area (Å²) in [6, 6.07) is 0. The van der Waals surface area contributed by atoms with Crippen molar-refractivity contribution in [1.29, 1.82) is 0 Å². The van der Waals surface area contributed by atoms with Gasteiger partial charge in [0.25, 0.3) is 0 Å². The summed E-state index contributed by atoms with van der Waals surface area (Å²) < 4.78 is 298. The number of hydrogen-bond acceptors (Lipinski definition) is 44. The van der Waals surface area contributed by atoms with Crippen LogP contribution in [0.3, 0.4) is 0 Å². The van der Waals surface area contributed by atoms with Crippen molar-refractivity contribution in [2.75, 3.05) is 26.4 Å². The second-order valence-corrected chi connectivity index (χ2v) is 112. The second-order valence-electron chi connectivity index (χ2n) is 30.0. The first-order chi connectivity index (χ1) is 48.5. The highest BCUT2D eigenvalue weighted by Gasteiger charge is 2.83. The highest BCUT2D eigenvalue weighted by Crippen LogP contribution is 2.53. The highest BCUT2D eigenvalue weighted by atomic mass is 28.7. The molecule has 16 unspecified atom stereocenters. The van der Waals surface area contributed by atoms with E-state index in [9.17, 15) is 0 Å². The molecular formula is C37H108O44Si28. The first kappa shape index (κ1) is 92.5. The molecule has 109 heavy (non-hydrogen) atoms. The lowest BCUT2D eigenvalue weighted by Gasteiger charge is -2.60. The number of hydrogen-bond donors (Lipinski definition) is 0. The van der Waals surface area contributed by atoms with Gasteiger partial charge in [-0.25, -0.2) is 0 Å². The number of rotatable bonds is 8. The average Bonchev–Trinajstić information content (AvgIpc) is 0.704. The summed E-state index contributed by atoms with van der Waals surface area (Å²) in [7, 11) is -110. The molecule has 72 heteroatoms. The average molecular weight is 2040 g/mol. The molecule has 15 saturated heterocycles. The zero-order valence-corrected chi connectivity index (χ0v) is 94.8. The molecule has 0 aliphatic carbocycles. The summed E-state index contributed by atoms with van der Waals surface area (Å²) in [6.07, 6.45) is 0. The Balaban J connectivity index is 0.000000317. The summed E-state index contributed by atoms with van der Waals surface area (Å²) in [5.41, 5.74) is 0. The lowest BCUT2D eigenvalue weighted by molar-refractivity contribution is -0.0215. The van der Waals surface area contributed by atoms with Crippen LogP contribution < -0.4 is 0 Å². The van der Waals surface area contributed by atoms with Gasteiger partial charge in [-0.1, -0.05) is 7.43 Å². The Morgan fingerprint density at radius 2 is 0.183 bits per heavy atom. The van der Waals surface area contributed by atoms with Gasteiger partial charge in [-0.05, 0) is 27.7 Å². The third kappa shape index (κ3) is 20.2. The minimum absolute atomic E-state index is 0. The first-order valence-electron chi connectivity index (χ1n) is 35.1. The van der Waals surface area contributed by atoms with Crippen molar-refractivity contribution in [3.8, 4) is 0 Å². The van der Waals surface area contributed by atoms with E-state index in [0.29, 0.717) is 0 Å². The van der Waals surface area contributed by atoms with Crippen molar-refractivity contribution in [2.24, 2.45) is 0 Å². The smallest absolute Gasteiger partial charge is 0.375 e. The minimum atomic E-state index is -4.38. The van der Waals surface area contributed by atoms with Gasteiger partial charge in [0.2, 0.25) is 0 Å². The third-order valence-electron chi connectivity index (χ3n) is 16.5. The fourth-order valence-corrected chi connectivity index (χ4v) is 169. The van der Waals surface area contributed by atoms with E-state index in [0.717, 1.165) is 0 Å². The van der Waals surface area contributed by atoms with Crippen molar-refractivity contribution in [1.82, 2.24) is 0 Å². The molecule has 0 radical (unpaired) electrons. The normalized spacial score (nSPS) is 59.9. The quantitative estimate of drug-likeness (QED) is 0.269. The SMILES string of the molecule is C.CCO[Si]1(C)O[Si](C)(OCC)O[Si]2(C)O[Si](C)(O1)O[Si]1(C)O[Si](C)(O2)O[Si]2(C)O[Si](C)(O1)O[Si]1(C)O[Si](C)(O2)O[Si]2(C)O[Si]3(C)O[Si]4(C)O[Si]5(C)O[Si](C)(OCC)O[Si](C)(OCC)O[Si](C)(O5)O[Si](C)(O4)O[Si](C)(O3)O[Si](C)(O2)O1.C[Si]12O[Si]3(C)O[Si]4(C)O[Si](C)(O1)O[Si]1(C)O[Si](C)(O2)O[Si](C)(O3)O[Si](C)(O4)O1. The Bertz CT molecular complexity index is 2960. The van der Waals surface area contributed by atoms with Gasteiger partial charge >= 0.3 is 247 Å². The largest absolute Gasteiger partial charge is 0.482 e. The zero-order chi connectivity index (χ0) is 79.9. The van der Waals surface area contributed by atoms with E-state index >= 15 is 0 Å². The van der Waals surface area contributed by atoms with Crippen molar-refractivity contribution in [3.05, 3.63) is 0 Å². The van der Waals surface area contributed by atoms with Crippen LogP contribution in [0, 0.1) is 0 Å². The minimum Gasteiger partial charge on any atom is -0.375 e. The van der Waals surface area contributed by atoms with Crippen LogP contribution >= 0.6 is 0 Å². The van der Waals surface area contributed by atoms with E-state index in [4.69, 9.17) is 182 Å². The Labute approximate surface area is 668 Å². The Morgan fingerprint density at radius 1 is 0.119 bits per heavy atom. The van der Waals surface area contributed by atoms with Gasteiger partial charge in [0.1, 0.15) is 0 Å². The molecule has 0 amide bonds. The standard InChI is InChI=1S/C28H80O32Si20.C8H24O12Si8.CH4/c1-25-29-61(5)33-62(6,30-26-2)36-66(10)39-65(9,35-61)41-69(13)45-70(14,42-66)48-74(18)51-73(17,47-69)53-77(21)57-78(22,54-74)60-80(24)56-76(20)50-72(16)44-68(12)38-64(8,32-28-4)34-63(7,31-27-3)37-67(11,40-68)43-71(15,46-72)49-75(19,52-76)55-79(23,58-80)59-77;1-21-9-22(2)12-25(5)14-23(3,10-21)16-27(7)17-24(4,11-21)15-26(6,13-22)19-28(8,18-25)20-27;/h25-28H2,1-24H3;1-8H3;1H4. The van der Waals surface area contributed by atoms with Crippen LogP contribution in [0.2, 0.25) is 183 Å². The molecule has 632 valence electrons. The van der Waals surface area contributed by atoms with E-state index in [1.807, 2.05) is 27.7 Å².